The minimum Gasteiger partial charge on any atom is -0.348 e. The highest BCUT2D eigenvalue weighted by Crippen LogP contribution is 2.43. The number of thiophene rings is 1. The summed E-state index contributed by atoms with van der Waals surface area (Å²) in [6, 6.07) is 7.12. The molecule has 1 unspecified atom stereocenters. The predicted molar refractivity (Wildman–Crippen MR) is 274 cm³/mol. The average Bonchev–Trinajstić information content (AvgIpc) is 2.94. The molecule has 0 amide bonds. The Balaban J connectivity index is -0.00000000199. The summed E-state index contributed by atoms with van der Waals surface area (Å²) in [6.45, 7) is 19.0. The fourth-order valence-corrected chi connectivity index (χ4v) is 5.43. The lowest BCUT2D eigenvalue weighted by atomic mass is 9.88. The van der Waals surface area contributed by atoms with Gasteiger partial charge in [-0.25, -0.2) is 4.99 Å². The molecule has 1 fully saturated rings. The van der Waals surface area contributed by atoms with Crippen LogP contribution in [0.4, 0.5) is 16.4 Å². The van der Waals surface area contributed by atoms with E-state index in [-0.39, 0.29) is 108 Å². The molecule has 5 heteroatoms. The van der Waals surface area contributed by atoms with E-state index in [0.717, 1.165) is 36.8 Å². The molecular formula is C23H176N4S. The molecule has 1 atom stereocenters. The van der Waals surface area contributed by atoms with E-state index in [1.54, 1.807) is 0 Å². The van der Waals surface area contributed by atoms with Gasteiger partial charge in [-0.2, -0.15) is 0 Å². The summed E-state index contributed by atoms with van der Waals surface area (Å²) in [7, 11) is 0. The molecule has 2 aliphatic heterocycles. The molecule has 3 heterocycles. The fraction of sp³-hybridized carbons (Fsp3) is 0.522. The number of anilines is 2. The standard InChI is InChI=1S/C23H32N4S.72H2/c1-8-26-11-12-27(23(6,7)17(26)5)21-18-13-15(3)28-22(18)24-19-10-9-14(2)16(4)20(19)25-21;;;;;;;;;;;;;;;;;;;;;;;;;;;;;;;;;;;;;;;;;;;;;;;;;;;;;;;;;;;;;;;;;;;;;;;;/h9-10,13,17,24H,8,11-12H2,1-7H3;72*1H. The molecule has 0 spiro atoms. The summed E-state index contributed by atoms with van der Waals surface area (Å²) in [6.07, 6.45) is 0. The molecule has 4 nitrogen and oxygen atoms in total. The molecule has 0 radical (unpaired) electrons. The quantitative estimate of drug-likeness (QED) is 0.389. The van der Waals surface area contributed by atoms with E-state index in [2.05, 4.69) is 81.8 Å². The summed E-state index contributed by atoms with van der Waals surface area (Å²) >= 11 is 1.82. The van der Waals surface area contributed by atoms with Gasteiger partial charge in [-0.15, -0.1) is 11.3 Å². The third-order valence-electron chi connectivity index (χ3n) is 6.80. The first-order valence-electron chi connectivity index (χ1n) is 10.3. The number of aliphatic imine (C=N–C) groups is 1. The Hall–Kier alpha value is -1.85. The zero-order chi connectivity index (χ0) is 20.2. The molecule has 1 N–H and O–H groups in total. The molecule has 0 saturated carbocycles. The van der Waals surface area contributed by atoms with Crippen LogP contribution in [0.15, 0.2) is 23.2 Å². The lowest BCUT2D eigenvalue weighted by molar-refractivity contribution is 0.0207. The lowest BCUT2D eigenvalue weighted by Crippen LogP contribution is -2.65. The van der Waals surface area contributed by atoms with Gasteiger partial charge in [0.1, 0.15) is 10.8 Å². The molecule has 4 rings (SSSR count). The number of hydrogen-bond donors (Lipinski definition) is 1. The van der Waals surface area contributed by atoms with Gasteiger partial charge in [-0.05, 0) is 71.3 Å². The predicted octanol–water partition coefficient (Wildman–Crippen LogP) is 23.3. The number of fused-ring (bicyclic) bond motifs is 2. The topological polar surface area (TPSA) is 30.9 Å². The van der Waals surface area contributed by atoms with Crippen LogP contribution in [0, 0.1) is 20.8 Å². The van der Waals surface area contributed by atoms with Crippen LogP contribution < -0.4 is 5.32 Å². The van der Waals surface area contributed by atoms with Crippen LogP contribution in [0.1, 0.15) is 152 Å². The Labute approximate surface area is 280 Å². The Kier molecular flexibility index (Phi) is 4.79. The first-order chi connectivity index (χ1) is 13.2. The van der Waals surface area contributed by atoms with Crippen LogP contribution >= 0.6 is 11.3 Å². The van der Waals surface area contributed by atoms with Crippen molar-refractivity contribution >= 4 is 33.5 Å². The molecule has 0 aliphatic carbocycles. The van der Waals surface area contributed by atoms with Crippen LogP contribution in [-0.4, -0.2) is 46.9 Å². The largest absolute Gasteiger partial charge is 0.348 e. The van der Waals surface area contributed by atoms with Crippen LogP contribution in [-0.2, 0) is 0 Å². The smallest absolute Gasteiger partial charge is 0.140 e. The molecule has 2 aromatic rings. The Morgan fingerprint density at radius 3 is 2.71 bits per heavy atom. The third-order valence-corrected chi connectivity index (χ3v) is 7.77. The Morgan fingerprint density at radius 1 is 1.25 bits per heavy atom. The number of nitrogens with one attached hydrogen (secondary N) is 1. The van der Waals surface area contributed by atoms with E-state index in [0.29, 0.717) is 6.04 Å². The number of amidine groups is 1. The van der Waals surface area contributed by atoms with Crippen molar-refractivity contribution in [1.29, 1.82) is 0 Å². The van der Waals surface area contributed by atoms with Gasteiger partial charge in [0.15, 0.2) is 0 Å². The van der Waals surface area contributed by atoms with Crippen molar-refractivity contribution in [2.75, 3.05) is 25.0 Å². The number of rotatable bonds is 1. The van der Waals surface area contributed by atoms with E-state index in [9.17, 15) is 0 Å². The van der Waals surface area contributed by atoms with Crippen LogP contribution in [0.25, 0.3) is 0 Å². The highest BCUT2D eigenvalue weighted by atomic mass is 32.1. The highest BCUT2D eigenvalue weighted by Gasteiger charge is 2.42. The van der Waals surface area contributed by atoms with Gasteiger partial charge in [0.05, 0.1) is 22.5 Å². The van der Waals surface area contributed by atoms with Crippen molar-refractivity contribution in [1.82, 2.24) is 9.80 Å². The van der Waals surface area contributed by atoms with Gasteiger partial charge in [-0.1, -0.05) is 13.0 Å². The first kappa shape index (κ1) is 19.5. The second-order valence-corrected chi connectivity index (χ2v) is 9.93. The van der Waals surface area contributed by atoms with Crippen molar-refractivity contribution in [3.8, 4) is 0 Å². The minimum atomic E-state index is 0. The summed E-state index contributed by atoms with van der Waals surface area (Å²) in [5, 5.41) is 4.89. The van der Waals surface area contributed by atoms with E-state index in [4.69, 9.17) is 4.99 Å². The van der Waals surface area contributed by atoms with Gasteiger partial charge in [0.2, 0.25) is 0 Å². The van der Waals surface area contributed by atoms with Crippen LogP contribution in [0.3, 0.4) is 0 Å². The zero-order valence-corrected chi connectivity index (χ0v) is 19.0. The fourth-order valence-electron chi connectivity index (χ4n) is 4.51. The van der Waals surface area contributed by atoms with Crippen LogP contribution in [0.5, 0.6) is 0 Å². The Morgan fingerprint density at radius 2 is 2.00 bits per heavy atom. The molecule has 294 valence electrons. The molecular weight excluding hydrogens is 364 g/mol. The maximum atomic E-state index is 5.33. The van der Waals surface area contributed by atoms with Crippen molar-refractivity contribution in [2.24, 2.45) is 4.99 Å². The van der Waals surface area contributed by atoms with E-state index < -0.39 is 0 Å². The van der Waals surface area contributed by atoms with E-state index in [1.165, 1.54) is 26.6 Å². The maximum Gasteiger partial charge on any atom is 0.140 e. The number of likely N-dealkylation sites (N-methyl/N-ethyl adjacent to an activating group) is 1. The highest BCUT2D eigenvalue weighted by molar-refractivity contribution is 7.16. The number of nitrogens with zero attached hydrogens (tertiary/aromatic N) is 3. The van der Waals surface area contributed by atoms with Gasteiger partial charge in [-0.3, -0.25) is 4.90 Å². The normalized spacial score (nSPS) is 21.5. The third kappa shape index (κ3) is 2.96. The summed E-state index contributed by atoms with van der Waals surface area (Å²) in [4.78, 5) is 11.8. The van der Waals surface area contributed by atoms with E-state index in [1.807, 2.05) is 11.3 Å². The average molecular weight is 542 g/mol. The van der Waals surface area contributed by atoms with Crippen molar-refractivity contribution in [3.05, 3.63) is 39.8 Å². The SMILES string of the molecule is CCN1CCN(C2=Nc3c(ccc(C)c3C)Nc3sc(C)cc32)C(C)(C)C1C.[HH].[HH].[HH].[HH].[HH].[HH].[HH].[HH].[HH].[HH].[HH].[HH].[HH].[HH].[HH].[HH].[HH].[HH].[HH].[HH].[HH].[HH].[HH].[HH].[HH].[HH].[HH].[HH].[HH].[HH].[HH].[HH].[HH].[HH].[HH].[HH].[HH].[HH].[HH].[HH].[HH].[HH].[HH].[HH].[HH].[HH].[HH].[HH].[HH].[HH].[HH].[HH].[HH].[HH].[HH].[HH].[HH].[HH].[HH].[HH].[HH].[HH].[HH].[HH].[HH].[HH].[HH].[HH].[HH].[HH].[HH].[HH]. The molecule has 1 saturated heterocycles. The van der Waals surface area contributed by atoms with Gasteiger partial charge >= 0.3 is 0 Å². The van der Waals surface area contributed by atoms with Gasteiger partial charge < -0.3 is 10.2 Å². The second-order valence-electron chi connectivity index (χ2n) is 8.67. The van der Waals surface area contributed by atoms with E-state index >= 15 is 0 Å². The molecule has 2 aliphatic rings. The molecule has 1 aromatic heterocycles. The van der Waals surface area contributed by atoms with Crippen molar-refractivity contribution in [3.63, 3.8) is 0 Å². The van der Waals surface area contributed by atoms with Gasteiger partial charge in [0, 0.05) is 127 Å². The second kappa shape index (κ2) is 6.89. The van der Waals surface area contributed by atoms with Crippen LogP contribution in [0.2, 0.25) is 0 Å². The minimum absolute atomic E-state index is 0. The molecule has 1 aromatic carbocycles. The molecule has 0 bridgehead atoms. The van der Waals surface area contributed by atoms with Crippen molar-refractivity contribution < 1.29 is 103 Å². The zero-order valence-electron chi connectivity index (χ0n) is 18.2. The Bertz CT molecular complexity index is 1030. The number of aryl methyl sites for hydroxylation is 2. The number of hydrogen-bond acceptors (Lipinski definition) is 5. The lowest BCUT2D eigenvalue weighted by Gasteiger charge is -2.53. The van der Waals surface area contributed by atoms with Gasteiger partial charge in [0.25, 0.3) is 0 Å². The number of benzene rings is 1. The molecule has 28 heavy (non-hydrogen) atoms. The first-order valence-corrected chi connectivity index (χ1v) is 11.1. The summed E-state index contributed by atoms with van der Waals surface area (Å²) in [5.41, 5.74) is 5.97. The van der Waals surface area contributed by atoms with Crippen molar-refractivity contribution in [2.45, 2.75) is 60.0 Å². The number of piperazine rings is 1. The summed E-state index contributed by atoms with van der Waals surface area (Å²) in [5.74, 6) is 1.12. The maximum absolute atomic E-state index is 5.33. The summed E-state index contributed by atoms with van der Waals surface area (Å²) < 4.78 is 0. The monoisotopic (exact) mass is 541 g/mol.